The Labute approximate surface area is 151 Å². The lowest BCUT2D eigenvalue weighted by Gasteiger charge is -2.08. The van der Waals surface area contributed by atoms with Gasteiger partial charge in [0, 0.05) is 20.5 Å². The van der Waals surface area contributed by atoms with Crippen LogP contribution in [0.15, 0.2) is 39.8 Å². The van der Waals surface area contributed by atoms with Crippen LogP contribution in [-0.4, -0.2) is 39.6 Å². The maximum absolute atomic E-state index is 11.9. The maximum Gasteiger partial charge on any atom is 0.306 e. The molecule has 0 amide bonds. The fourth-order valence-electron chi connectivity index (χ4n) is 2.32. The molecule has 9 heteroatoms. The Hall–Kier alpha value is -2.52. The van der Waals surface area contributed by atoms with E-state index < -0.39 is 16.0 Å². The molecule has 140 valence electrons. The van der Waals surface area contributed by atoms with Gasteiger partial charge in [-0.05, 0) is 36.2 Å². The van der Waals surface area contributed by atoms with Crippen LogP contribution in [0.4, 0.5) is 0 Å². The van der Waals surface area contributed by atoms with E-state index in [0.717, 1.165) is 9.87 Å². The average molecular weight is 381 g/mol. The van der Waals surface area contributed by atoms with Crippen molar-refractivity contribution in [3.63, 3.8) is 0 Å². The molecule has 0 aliphatic carbocycles. The normalized spacial score (nSPS) is 13.2. The number of sulfonamides is 1. The molecule has 2 heterocycles. The van der Waals surface area contributed by atoms with Crippen molar-refractivity contribution in [2.45, 2.75) is 24.5 Å². The van der Waals surface area contributed by atoms with Gasteiger partial charge in [-0.1, -0.05) is 6.07 Å². The first-order valence-electron chi connectivity index (χ1n) is 7.91. The fraction of sp³-hybridized carbons (Fsp3) is 0.353. The van der Waals surface area contributed by atoms with Crippen LogP contribution in [0.1, 0.15) is 17.7 Å². The van der Waals surface area contributed by atoms with Crippen molar-refractivity contribution >= 4 is 16.0 Å². The minimum Gasteiger partial charge on any atom is -0.457 e. The van der Waals surface area contributed by atoms with Gasteiger partial charge >= 0.3 is 5.97 Å². The van der Waals surface area contributed by atoms with Crippen LogP contribution in [0.2, 0.25) is 0 Å². The molecular weight excluding hydrogens is 362 g/mol. The Balaban J connectivity index is 1.49. The number of rotatable bonds is 7. The van der Waals surface area contributed by atoms with Crippen LogP contribution < -0.4 is 9.47 Å². The minimum absolute atomic E-state index is 0.122. The number of carbonyl (C=O) groups is 1. The van der Waals surface area contributed by atoms with E-state index in [1.807, 2.05) is 12.1 Å². The number of carbonyl (C=O) groups excluding carboxylic acids is 1. The Morgan fingerprint density at radius 2 is 1.92 bits per heavy atom. The van der Waals surface area contributed by atoms with E-state index in [0.29, 0.717) is 17.9 Å². The zero-order valence-electron chi connectivity index (χ0n) is 14.4. The number of furan rings is 1. The second kappa shape index (κ2) is 7.38. The van der Waals surface area contributed by atoms with Crippen LogP contribution in [0.5, 0.6) is 11.5 Å². The highest BCUT2D eigenvalue weighted by Gasteiger charge is 2.21. The predicted molar refractivity (Wildman–Crippen MR) is 90.3 cm³/mol. The molecule has 2 aromatic rings. The van der Waals surface area contributed by atoms with Gasteiger partial charge in [0.2, 0.25) is 11.9 Å². The standard InChI is InChI=1S/C17H19NO7S/c1-18(2)26(20,21)17-8-5-13(25-17)10-22-16(19)7-4-12-3-6-14-15(9-12)24-11-23-14/h3,5-6,8-9H,4,7,10-11H2,1-2H3. The van der Waals surface area contributed by atoms with E-state index in [9.17, 15) is 13.2 Å². The number of hydrogen-bond acceptors (Lipinski definition) is 7. The number of hydrogen-bond donors (Lipinski definition) is 0. The summed E-state index contributed by atoms with van der Waals surface area (Å²) < 4.78 is 45.8. The molecule has 26 heavy (non-hydrogen) atoms. The molecule has 1 aliphatic heterocycles. The summed E-state index contributed by atoms with van der Waals surface area (Å²) >= 11 is 0. The molecule has 0 spiro atoms. The van der Waals surface area contributed by atoms with Gasteiger partial charge in [0.25, 0.3) is 10.0 Å². The summed E-state index contributed by atoms with van der Waals surface area (Å²) in [6, 6.07) is 8.32. The molecule has 8 nitrogen and oxygen atoms in total. The van der Waals surface area contributed by atoms with Crippen molar-refractivity contribution in [3.05, 3.63) is 41.7 Å². The number of fused-ring (bicyclic) bond motifs is 1. The minimum atomic E-state index is -3.64. The molecule has 0 saturated carbocycles. The Bertz CT molecular complexity index is 902. The molecule has 3 rings (SSSR count). The first-order chi connectivity index (χ1) is 12.4. The lowest BCUT2D eigenvalue weighted by atomic mass is 10.1. The predicted octanol–water partition coefficient (Wildman–Crippen LogP) is 1.93. The monoisotopic (exact) mass is 381 g/mol. The third kappa shape index (κ3) is 4.00. The number of esters is 1. The van der Waals surface area contributed by atoms with Crippen molar-refractivity contribution in [1.29, 1.82) is 0 Å². The molecule has 0 atom stereocenters. The number of aryl methyl sites for hydroxylation is 1. The average Bonchev–Trinajstić information content (AvgIpc) is 3.26. The third-order valence-electron chi connectivity index (χ3n) is 3.80. The lowest BCUT2D eigenvalue weighted by molar-refractivity contribution is -0.145. The van der Waals surface area contributed by atoms with Crippen LogP contribution >= 0.6 is 0 Å². The highest BCUT2D eigenvalue weighted by Crippen LogP contribution is 2.32. The molecule has 1 aromatic carbocycles. The zero-order chi connectivity index (χ0) is 18.7. The summed E-state index contributed by atoms with van der Waals surface area (Å²) in [6.45, 7) is 0.0818. The Kier molecular flexibility index (Phi) is 5.19. The summed E-state index contributed by atoms with van der Waals surface area (Å²) in [7, 11) is -0.821. The molecule has 0 radical (unpaired) electrons. The Morgan fingerprint density at radius 1 is 1.15 bits per heavy atom. The van der Waals surface area contributed by atoms with Crippen LogP contribution in [0.25, 0.3) is 0 Å². The lowest BCUT2D eigenvalue weighted by Crippen LogP contribution is -2.21. The first kappa shape index (κ1) is 18.3. The molecule has 0 bridgehead atoms. The molecule has 1 aliphatic rings. The molecule has 0 fully saturated rings. The fourth-order valence-corrected chi connectivity index (χ4v) is 3.13. The van der Waals surface area contributed by atoms with Crippen molar-refractivity contribution in [1.82, 2.24) is 4.31 Å². The third-order valence-corrected chi connectivity index (χ3v) is 5.49. The van der Waals surface area contributed by atoms with E-state index >= 15 is 0 Å². The smallest absolute Gasteiger partial charge is 0.306 e. The number of benzene rings is 1. The molecule has 0 unspecified atom stereocenters. The van der Waals surface area contributed by atoms with Gasteiger partial charge in [-0.2, -0.15) is 0 Å². The van der Waals surface area contributed by atoms with Gasteiger partial charge in [0.15, 0.2) is 11.5 Å². The van der Waals surface area contributed by atoms with Gasteiger partial charge in [-0.3, -0.25) is 4.79 Å². The largest absolute Gasteiger partial charge is 0.457 e. The van der Waals surface area contributed by atoms with Gasteiger partial charge in [0.05, 0.1) is 0 Å². The van der Waals surface area contributed by atoms with Crippen LogP contribution in [0.3, 0.4) is 0 Å². The molecular formula is C17H19NO7S. The van der Waals surface area contributed by atoms with Gasteiger partial charge in [-0.15, -0.1) is 0 Å². The second-order valence-corrected chi connectivity index (χ2v) is 7.94. The van der Waals surface area contributed by atoms with Crippen molar-refractivity contribution in [2.24, 2.45) is 0 Å². The van der Waals surface area contributed by atoms with Crippen LogP contribution in [-0.2, 0) is 32.6 Å². The van der Waals surface area contributed by atoms with Gasteiger partial charge in [0.1, 0.15) is 12.4 Å². The highest BCUT2D eigenvalue weighted by molar-refractivity contribution is 7.88. The topological polar surface area (TPSA) is 95.3 Å². The summed E-state index contributed by atoms with van der Waals surface area (Å²) in [5.74, 6) is 1.22. The summed E-state index contributed by atoms with van der Waals surface area (Å²) in [5.41, 5.74) is 0.934. The SMILES string of the molecule is CN(C)S(=O)(=O)c1ccc(COC(=O)CCc2ccc3c(c2)OCO3)o1. The summed E-state index contributed by atoms with van der Waals surface area (Å²) in [6.07, 6.45) is 0.678. The maximum atomic E-state index is 11.9. The Morgan fingerprint density at radius 3 is 2.69 bits per heavy atom. The van der Waals surface area contributed by atoms with Gasteiger partial charge < -0.3 is 18.6 Å². The van der Waals surface area contributed by atoms with E-state index in [1.165, 1.54) is 26.2 Å². The summed E-state index contributed by atoms with van der Waals surface area (Å²) in [5, 5.41) is -0.186. The van der Waals surface area contributed by atoms with Crippen LogP contribution in [0, 0.1) is 0 Å². The van der Waals surface area contributed by atoms with E-state index in [-0.39, 0.29) is 30.7 Å². The van der Waals surface area contributed by atoms with Crippen molar-refractivity contribution in [2.75, 3.05) is 20.9 Å². The second-order valence-electron chi connectivity index (χ2n) is 5.86. The van der Waals surface area contributed by atoms with E-state index in [2.05, 4.69) is 0 Å². The zero-order valence-corrected chi connectivity index (χ0v) is 15.2. The quantitative estimate of drug-likeness (QED) is 0.676. The summed E-state index contributed by atoms with van der Waals surface area (Å²) in [4.78, 5) is 11.9. The number of nitrogens with zero attached hydrogens (tertiary/aromatic N) is 1. The van der Waals surface area contributed by atoms with Crippen molar-refractivity contribution in [3.8, 4) is 11.5 Å². The molecule has 1 aromatic heterocycles. The number of ether oxygens (including phenoxy) is 3. The molecule has 0 saturated heterocycles. The highest BCUT2D eigenvalue weighted by atomic mass is 32.2. The first-order valence-corrected chi connectivity index (χ1v) is 9.35. The van der Waals surface area contributed by atoms with E-state index in [4.69, 9.17) is 18.6 Å². The molecule has 0 N–H and O–H groups in total. The van der Waals surface area contributed by atoms with E-state index in [1.54, 1.807) is 6.07 Å². The van der Waals surface area contributed by atoms with Crippen molar-refractivity contribution < 1.29 is 31.8 Å². The van der Waals surface area contributed by atoms with Gasteiger partial charge in [-0.25, -0.2) is 12.7 Å².